The number of carbonyl (C=O) groups excluding carboxylic acids is 1. The maximum absolute atomic E-state index is 10.9. The van der Waals surface area contributed by atoms with Crippen LogP contribution in [-0.2, 0) is 17.8 Å². The number of carboxylic acid groups (broad SMARTS) is 1. The molecule has 16 heavy (non-hydrogen) atoms. The molecule has 0 radical (unpaired) electrons. The zero-order valence-electron chi connectivity index (χ0n) is 8.77. The SMILES string of the molecule is NC(=O)c1ccc2c(c1)CNCC2.O=CO. The fraction of sp³-hybridized carbons (Fsp3) is 0.273. The van der Waals surface area contributed by atoms with Gasteiger partial charge in [-0.1, -0.05) is 6.07 Å². The molecule has 86 valence electrons. The molecule has 0 saturated heterocycles. The van der Waals surface area contributed by atoms with Crippen molar-refractivity contribution in [3.8, 4) is 0 Å². The molecule has 5 nitrogen and oxygen atoms in total. The molecular formula is C11H14N2O3. The summed E-state index contributed by atoms with van der Waals surface area (Å²) in [5.41, 5.74) is 8.31. The lowest BCUT2D eigenvalue weighted by Gasteiger charge is -2.17. The average Bonchev–Trinajstić information content (AvgIpc) is 2.29. The van der Waals surface area contributed by atoms with E-state index >= 15 is 0 Å². The van der Waals surface area contributed by atoms with Gasteiger partial charge in [0.05, 0.1) is 0 Å². The Balaban J connectivity index is 0.000000386. The minimum atomic E-state index is -0.353. The van der Waals surface area contributed by atoms with Crippen LogP contribution < -0.4 is 11.1 Å². The second-order valence-corrected chi connectivity index (χ2v) is 3.38. The molecule has 1 heterocycles. The molecule has 0 unspecified atom stereocenters. The van der Waals surface area contributed by atoms with Crippen molar-refractivity contribution in [2.75, 3.05) is 6.54 Å². The van der Waals surface area contributed by atoms with Gasteiger partial charge in [0.25, 0.3) is 6.47 Å². The summed E-state index contributed by atoms with van der Waals surface area (Å²) in [5, 5.41) is 10.1. The number of nitrogens with two attached hydrogens (primary N) is 1. The molecule has 1 aliphatic heterocycles. The van der Waals surface area contributed by atoms with Crippen LogP contribution in [0.1, 0.15) is 21.5 Å². The van der Waals surface area contributed by atoms with E-state index in [9.17, 15) is 4.79 Å². The summed E-state index contributed by atoms with van der Waals surface area (Å²) >= 11 is 0. The Morgan fingerprint density at radius 1 is 1.44 bits per heavy atom. The average molecular weight is 222 g/mol. The third-order valence-corrected chi connectivity index (χ3v) is 2.38. The smallest absolute Gasteiger partial charge is 0.290 e. The molecule has 0 bridgehead atoms. The minimum absolute atomic E-state index is 0.250. The lowest BCUT2D eigenvalue weighted by atomic mass is 9.98. The van der Waals surface area contributed by atoms with E-state index in [1.165, 1.54) is 11.1 Å². The third kappa shape index (κ3) is 3.06. The van der Waals surface area contributed by atoms with Gasteiger partial charge >= 0.3 is 0 Å². The van der Waals surface area contributed by atoms with Gasteiger partial charge in [-0.2, -0.15) is 0 Å². The van der Waals surface area contributed by atoms with Crippen molar-refractivity contribution >= 4 is 12.4 Å². The van der Waals surface area contributed by atoms with Crippen LogP contribution in [0.5, 0.6) is 0 Å². The van der Waals surface area contributed by atoms with Crippen molar-refractivity contribution in [3.63, 3.8) is 0 Å². The number of amides is 1. The van der Waals surface area contributed by atoms with E-state index < -0.39 is 0 Å². The number of hydrogen-bond donors (Lipinski definition) is 3. The molecule has 1 aromatic rings. The topological polar surface area (TPSA) is 92.4 Å². The number of rotatable bonds is 1. The number of carbonyl (C=O) groups is 2. The zero-order chi connectivity index (χ0) is 12.0. The van der Waals surface area contributed by atoms with Gasteiger partial charge in [-0.25, -0.2) is 0 Å². The Labute approximate surface area is 93.3 Å². The van der Waals surface area contributed by atoms with Crippen LogP contribution >= 0.6 is 0 Å². The molecule has 5 heteroatoms. The van der Waals surface area contributed by atoms with Crippen LogP contribution in [0.3, 0.4) is 0 Å². The van der Waals surface area contributed by atoms with E-state index in [2.05, 4.69) is 5.32 Å². The van der Waals surface area contributed by atoms with E-state index in [-0.39, 0.29) is 12.4 Å². The van der Waals surface area contributed by atoms with Gasteiger partial charge in [-0.3, -0.25) is 9.59 Å². The number of nitrogens with one attached hydrogen (secondary N) is 1. The van der Waals surface area contributed by atoms with Gasteiger partial charge in [0.2, 0.25) is 5.91 Å². The molecular weight excluding hydrogens is 208 g/mol. The van der Waals surface area contributed by atoms with Crippen LogP contribution in [0.2, 0.25) is 0 Å². The zero-order valence-corrected chi connectivity index (χ0v) is 8.77. The summed E-state index contributed by atoms with van der Waals surface area (Å²) in [6, 6.07) is 5.67. The molecule has 1 aromatic carbocycles. The Morgan fingerprint density at radius 2 is 2.12 bits per heavy atom. The van der Waals surface area contributed by atoms with Crippen molar-refractivity contribution in [1.82, 2.24) is 5.32 Å². The Morgan fingerprint density at radius 3 is 2.75 bits per heavy atom. The molecule has 4 N–H and O–H groups in total. The number of hydrogen-bond acceptors (Lipinski definition) is 3. The number of primary amides is 1. The van der Waals surface area contributed by atoms with Gasteiger partial charge in [-0.15, -0.1) is 0 Å². The highest BCUT2D eigenvalue weighted by atomic mass is 16.3. The first-order valence-corrected chi connectivity index (χ1v) is 4.89. The van der Waals surface area contributed by atoms with Crippen LogP contribution in [0.25, 0.3) is 0 Å². The second-order valence-electron chi connectivity index (χ2n) is 3.38. The first-order valence-electron chi connectivity index (χ1n) is 4.89. The van der Waals surface area contributed by atoms with E-state index in [0.29, 0.717) is 5.56 Å². The lowest BCUT2D eigenvalue weighted by Crippen LogP contribution is -2.24. The molecule has 0 saturated carbocycles. The summed E-state index contributed by atoms with van der Waals surface area (Å²) < 4.78 is 0. The third-order valence-electron chi connectivity index (χ3n) is 2.38. The predicted octanol–water partition coefficient (Wildman–Crippen LogP) is 0.132. The fourth-order valence-corrected chi connectivity index (χ4v) is 1.63. The van der Waals surface area contributed by atoms with Crippen molar-refractivity contribution in [2.45, 2.75) is 13.0 Å². The monoisotopic (exact) mass is 222 g/mol. The highest BCUT2D eigenvalue weighted by Gasteiger charge is 2.10. The van der Waals surface area contributed by atoms with E-state index in [0.717, 1.165) is 19.5 Å². The molecule has 1 aliphatic rings. The molecule has 1 amide bonds. The van der Waals surface area contributed by atoms with Crippen molar-refractivity contribution in [1.29, 1.82) is 0 Å². The highest BCUT2D eigenvalue weighted by Crippen LogP contribution is 2.15. The normalized spacial score (nSPS) is 13.0. The maximum Gasteiger partial charge on any atom is 0.290 e. The van der Waals surface area contributed by atoms with E-state index in [4.69, 9.17) is 15.6 Å². The second kappa shape index (κ2) is 5.87. The number of fused-ring (bicyclic) bond motifs is 1. The van der Waals surface area contributed by atoms with E-state index in [1.807, 2.05) is 12.1 Å². The number of benzene rings is 1. The van der Waals surface area contributed by atoms with E-state index in [1.54, 1.807) is 6.07 Å². The fourth-order valence-electron chi connectivity index (χ4n) is 1.63. The molecule has 0 atom stereocenters. The lowest BCUT2D eigenvalue weighted by molar-refractivity contribution is -0.122. The summed E-state index contributed by atoms with van der Waals surface area (Å²) in [6.45, 7) is 1.61. The van der Waals surface area contributed by atoms with Crippen LogP contribution in [0.4, 0.5) is 0 Å². The van der Waals surface area contributed by atoms with Crippen LogP contribution in [-0.4, -0.2) is 24.0 Å². The van der Waals surface area contributed by atoms with Crippen molar-refractivity contribution in [3.05, 3.63) is 34.9 Å². The minimum Gasteiger partial charge on any atom is -0.483 e. The van der Waals surface area contributed by atoms with Gasteiger partial charge < -0.3 is 16.2 Å². The van der Waals surface area contributed by atoms with Gasteiger partial charge in [0, 0.05) is 12.1 Å². The first kappa shape index (κ1) is 12.2. The maximum atomic E-state index is 10.9. The molecule has 2 rings (SSSR count). The molecule has 0 aliphatic carbocycles. The summed E-state index contributed by atoms with van der Waals surface area (Å²) in [4.78, 5) is 19.2. The largest absolute Gasteiger partial charge is 0.483 e. The predicted molar refractivity (Wildman–Crippen MR) is 59.1 cm³/mol. The molecule has 0 spiro atoms. The summed E-state index contributed by atoms with van der Waals surface area (Å²) in [5.74, 6) is -0.353. The Hall–Kier alpha value is -1.88. The Bertz CT molecular complexity index is 391. The highest BCUT2D eigenvalue weighted by molar-refractivity contribution is 5.93. The first-order chi connectivity index (χ1) is 7.69. The van der Waals surface area contributed by atoms with Gasteiger partial charge in [0.15, 0.2) is 0 Å². The van der Waals surface area contributed by atoms with Crippen molar-refractivity contribution < 1.29 is 14.7 Å². The standard InChI is InChI=1S/C10H12N2O.CH2O2/c11-10(13)8-2-1-7-3-4-12-6-9(7)5-8;2-1-3/h1-2,5,12H,3-4,6H2,(H2,11,13);1H,(H,2,3). The summed E-state index contributed by atoms with van der Waals surface area (Å²) in [6.07, 6.45) is 1.04. The quantitative estimate of drug-likeness (QED) is 0.589. The molecule has 0 fully saturated rings. The van der Waals surface area contributed by atoms with Crippen LogP contribution in [0.15, 0.2) is 18.2 Å². The molecule has 0 aromatic heterocycles. The summed E-state index contributed by atoms with van der Waals surface area (Å²) in [7, 11) is 0. The Kier molecular flexibility index (Phi) is 4.47. The van der Waals surface area contributed by atoms with Gasteiger partial charge in [0.1, 0.15) is 0 Å². The van der Waals surface area contributed by atoms with Crippen molar-refractivity contribution in [2.24, 2.45) is 5.73 Å². The van der Waals surface area contributed by atoms with Gasteiger partial charge in [-0.05, 0) is 36.2 Å². The van der Waals surface area contributed by atoms with Crippen LogP contribution in [0, 0.1) is 0 Å².